The summed E-state index contributed by atoms with van der Waals surface area (Å²) in [5.74, 6) is 0.864. The predicted octanol–water partition coefficient (Wildman–Crippen LogP) is 0.928. The summed E-state index contributed by atoms with van der Waals surface area (Å²) in [6.07, 6.45) is 1.88. The van der Waals surface area contributed by atoms with Gasteiger partial charge in [-0.1, -0.05) is 0 Å². The third-order valence-electron chi connectivity index (χ3n) is 2.16. The van der Waals surface area contributed by atoms with E-state index in [-0.39, 0.29) is 17.7 Å². The van der Waals surface area contributed by atoms with Crippen LogP contribution in [0.4, 0.5) is 0 Å². The predicted molar refractivity (Wildman–Crippen MR) is 49.5 cm³/mol. The Morgan fingerprint density at radius 1 is 1.58 bits per heavy atom. The van der Waals surface area contributed by atoms with E-state index in [1.54, 1.807) is 0 Å². The monoisotopic (exact) mass is 211 g/mol. The molecule has 0 aromatic heterocycles. The minimum Gasteiger partial charge on any atom is -0.328 e. The molecule has 0 radical (unpaired) electrons. The second-order valence-corrected chi connectivity index (χ2v) is 6.50. The highest BCUT2D eigenvalue weighted by Gasteiger charge is 2.39. The lowest BCUT2D eigenvalue weighted by Gasteiger charge is -2.02. The lowest BCUT2D eigenvalue weighted by molar-refractivity contribution is 0.572. The van der Waals surface area contributed by atoms with E-state index in [0.29, 0.717) is 5.92 Å². The van der Waals surface area contributed by atoms with Crippen LogP contribution in [0.2, 0.25) is 0 Å². The van der Waals surface area contributed by atoms with Crippen LogP contribution in [-0.4, -0.2) is 20.2 Å². The molecule has 0 bridgehead atoms. The molecule has 0 aromatic rings. The Morgan fingerprint density at radius 3 is 2.58 bits per heavy atom. The first-order valence-corrected chi connectivity index (χ1v) is 6.54. The third-order valence-corrected chi connectivity index (χ3v) is 3.36. The van der Waals surface area contributed by atoms with Crippen molar-refractivity contribution < 1.29 is 8.42 Å². The van der Waals surface area contributed by atoms with Crippen LogP contribution in [-0.2, 0) is 9.05 Å². The number of halogens is 1. The Morgan fingerprint density at radius 2 is 2.17 bits per heavy atom. The van der Waals surface area contributed by atoms with Crippen molar-refractivity contribution in [2.45, 2.75) is 25.8 Å². The van der Waals surface area contributed by atoms with Gasteiger partial charge in [0.2, 0.25) is 9.05 Å². The highest BCUT2D eigenvalue weighted by Crippen LogP contribution is 2.42. The molecule has 1 saturated carbocycles. The molecule has 0 aromatic carbocycles. The van der Waals surface area contributed by atoms with Gasteiger partial charge in [-0.3, -0.25) is 0 Å². The Bertz CT molecular complexity index is 250. The van der Waals surface area contributed by atoms with Crippen molar-refractivity contribution in [1.82, 2.24) is 0 Å². The van der Waals surface area contributed by atoms with Crippen molar-refractivity contribution >= 4 is 19.7 Å². The zero-order valence-corrected chi connectivity index (χ0v) is 8.61. The van der Waals surface area contributed by atoms with E-state index in [1.807, 2.05) is 6.92 Å². The van der Waals surface area contributed by atoms with Crippen molar-refractivity contribution in [2.24, 2.45) is 17.6 Å². The van der Waals surface area contributed by atoms with E-state index in [9.17, 15) is 8.42 Å². The van der Waals surface area contributed by atoms with Crippen LogP contribution >= 0.6 is 10.7 Å². The smallest absolute Gasteiger partial charge is 0.232 e. The maximum atomic E-state index is 10.6. The summed E-state index contributed by atoms with van der Waals surface area (Å²) in [5.41, 5.74) is 5.58. The molecule has 1 fully saturated rings. The quantitative estimate of drug-likeness (QED) is 0.704. The van der Waals surface area contributed by atoms with E-state index < -0.39 is 9.05 Å². The summed E-state index contributed by atoms with van der Waals surface area (Å²) in [6.45, 7) is 1.94. The average Bonchev–Trinajstić information content (AvgIpc) is 2.40. The molecule has 2 N–H and O–H groups in total. The first kappa shape index (κ1) is 10.3. The molecule has 1 rings (SSSR count). The molecule has 1 aliphatic rings. The van der Waals surface area contributed by atoms with Crippen molar-refractivity contribution in [2.75, 3.05) is 5.75 Å². The normalized spacial score (nSPS) is 31.6. The molecule has 12 heavy (non-hydrogen) atoms. The summed E-state index contributed by atoms with van der Waals surface area (Å²) >= 11 is 0. The van der Waals surface area contributed by atoms with Gasteiger partial charge in [-0.2, -0.15) is 0 Å². The Balaban J connectivity index is 2.25. The molecular weight excluding hydrogens is 198 g/mol. The van der Waals surface area contributed by atoms with Crippen LogP contribution in [0.15, 0.2) is 0 Å². The summed E-state index contributed by atoms with van der Waals surface area (Å²) in [7, 11) is 1.81. The first-order valence-electron chi connectivity index (χ1n) is 4.06. The molecule has 2 unspecified atom stereocenters. The molecule has 0 aliphatic heterocycles. The molecule has 72 valence electrons. The van der Waals surface area contributed by atoms with Crippen LogP contribution in [0, 0.1) is 11.8 Å². The molecule has 3 nitrogen and oxygen atoms in total. The van der Waals surface area contributed by atoms with Gasteiger partial charge in [0.1, 0.15) is 0 Å². The maximum absolute atomic E-state index is 10.6. The van der Waals surface area contributed by atoms with Gasteiger partial charge in [-0.15, -0.1) is 0 Å². The zero-order chi connectivity index (χ0) is 9.35. The molecule has 0 spiro atoms. The van der Waals surface area contributed by atoms with E-state index in [2.05, 4.69) is 0 Å². The second kappa shape index (κ2) is 3.52. The van der Waals surface area contributed by atoms with Crippen LogP contribution in [0.1, 0.15) is 19.8 Å². The van der Waals surface area contributed by atoms with Gasteiger partial charge in [-0.25, -0.2) is 8.42 Å². The number of rotatable bonds is 4. The SMILES string of the molecule is CC(N)C[C@@H]1CC1CS(=O)(=O)Cl. The topological polar surface area (TPSA) is 60.2 Å². The third kappa shape index (κ3) is 3.74. The zero-order valence-electron chi connectivity index (χ0n) is 7.03. The fourth-order valence-electron chi connectivity index (χ4n) is 1.54. The highest BCUT2D eigenvalue weighted by molar-refractivity contribution is 8.13. The molecule has 0 heterocycles. The van der Waals surface area contributed by atoms with Crippen molar-refractivity contribution in [1.29, 1.82) is 0 Å². The Labute approximate surface area is 77.7 Å². The summed E-state index contributed by atoms with van der Waals surface area (Å²) in [5, 5.41) is 0. The second-order valence-electron chi connectivity index (χ2n) is 3.67. The summed E-state index contributed by atoms with van der Waals surface area (Å²) in [4.78, 5) is 0. The summed E-state index contributed by atoms with van der Waals surface area (Å²) < 4.78 is 21.3. The average molecular weight is 212 g/mol. The number of hydrogen-bond donors (Lipinski definition) is 1. The van der Waals surface area contributed by atoms with E-state index in [1.165, 1.54) is 0 Å². The molecule has 0 saturated heterocycles. The van der Waals surface area contributed by atoms with Gasteiger partial charge in [0.25, 0.3) is 0 Å². The van der Waals surface area contributed by atoms with E-state index >= 15 is 0 Å². The molecular formula is C7H14ClNO2S. The van der Waals surface area contributed by atoms with Gasteiger partial charge >= 0.3 is 0 Å². The van der Waals surface area contributed by atoms with Gasteiger partial charge in [0.05, 0.1) is 5.75 Å². The van der Waals surface area contributed by atoms with Gasteiger partial charge < -0.3 is 5.73 Å². The largest absolute Gasteiger partial charge is 0.328 e. The van der Waals surface area contributed by atoms with Crippen molar-refractivity contribution in [3.05, 3.63) is 0 Å². The van der Waals surface area contributed by atoms with Crippen molar-refractivity contribution in [3.63, 3.8) is 0 Å². The lowest BCUT2D eigenvalue weighted by Crippen LogP contribution is -2.16. The standard InChI is InChI=1S/C7H14ClNO2S/c1-5(9)2-6-3-7(6)4-12(8,10)11/h5-7H,2-4,9H2,1H3/t5?,6-,7?/m1/s1. The minimum absolute atomic E-state index is 0.117. The molecule has 1 aliphatic carbocycles. The van der Waals surface area contributed by atoms with Crippen LogP contribution in [0.3, 0.4) is 0 Å². The Hall–Kier alpha value is 0.200. The number of nitrogens with two attached hydrogens (primary N) is 1. The maximum Gasteiger partial charge on any atom is 0.232 e. The van der Waals surface area contributed by atoms with Crippen LogP contribution in [0.5, 0.6) is 0 Å². The molecule has 3 atom stereocenters. The lowest BCUT2D eigenvalue weighted by atomic mass is 10.1. The van der Waals surface area contributed by atoms with Gasteiger partial charge in [0, 0.05) is 16.7 Å². The minimum atomic E-state index is -3.30. The van der Waals surface area contributed by atoms with E-state index in [4.69, 9.17) is 16.4 Å². The fourth-order valence-corrected chi connectivity index (χ4v) is 2.94. The number of hydrogen-bond acceptors (Lipinski definition) is 3. The highest BCUT2D eigenvalue weighted by atomic mass is 35.7. The molecule has 0 amide bonds. The molecule has 5 heteroatoms. The van der Waals surface area contributed by atoms with Gasteiger partial charge in [0.15, 0.2) is 0 Å². The van der Waals surface area contributed by atoms with Crippen LogP contribution < -0.4 is 5.73 Å². The summed E-state index contributed by atoms with van der Waals surface area (Å²) in [6, 6.07) is 0.165. The first-order chi connectivity index (χ1) is 5.38. The Kier molecular flexibility index (Phi) is 3.01. The fraction of sp³-hybridized carbons (Fsp3) is 1.00. The van der Waals surface area contributed by atoms with E-state index in [0.717, 1.165) is 12.8 Å². The van der Waals surface area contributed by atoms with Crippen molar-refractivity contribution in [3.8, 4) is 0 Å². The van der Waals surface area contributed by atoms with Gasteiger partial charge in [-0.05, 0) is 31.6 Å². The van der Waals surface area contributed by atoms with Crippen LogP contribution in [0.25, 0.3) is 0 Å².